The van der Waals surface area contributed by atoms with Gasteiger partial charge in [0, 0.05) is 22.9 Å². The average molecular weight is 443 g/mol. The molecule has 9 heteroatoms. The fourth-order valence-corrected chi connectivity index (χ4v) is 5.78. The van der Waals surface area contributed by atoms with Gasteiger partial charge in [0.15, 0.2) is 16.7 Å². The molecule has 1 aromatic carbocycles. The molecule has 0 atom stereocenters. The van der Waals surface area contributed by atoms with Crippen LogP contribution in [0.5, 0.6) is 0 Å². The maximum absolute atomic E-state index is 13.6. The number of nitrogens with zero attached hydrogens (tertiary/aromatic N) is 2. The predicted octanol–water partition coefficient (Wildman–Crippen LogP) is 4.93. The number of rotatable bonds is 6. The number of carbonyl (C=O) groups is 2. The second-order valence-corrected chi connectivity index (χ2v) is 9.21. The molecule has 3 rings (SSSR count). The van der Waals surface area contributed by atoms with Gasteiger partial charge in [-0.15, -0.1) is 0 Å². The van der Waals surface area contributed by atoms with Crippen LogP contribution in [-0.4, -0.2) is 39.8 Å². The molecule has 2 heterocycles. The molecule has 0 radical (unpaired) electrons. The first-order chi connectivity index (χ1) is 13.4. The zero-order chi connectivity index (χ0) is 20.4. The van der Waals surface area contributed by atoms with Crippen molar-refractivity contribution in [1.29, 1.82) is 0 Å². The number of unbranched alkanes of at least 4 members (excludes halogenated alkanes) is 2. The van der Waals surface area contributed by atoms with Crippen LogP contribution in [-0.2, 0) is 9.59 Å². The van der Waals surface area contributed by atoms with Gasteiger partial charge in [-0.25, -0.2) is 8.78 Å². The summed E-state index contributed by atoms with van der Waals surface area (Å²) >= 11 is 7.68. The Balaban J connectivity index is 2.00. The predicted molar refractivity (Wildman–Crippen MR) is 111 cm³/mol. The molecule has 0 aromatic heterocycles. The first kappa shape index (κ1) is 21.3. The minimum absolute atomic E-state index is 0.0350. The van der Waals surface area contributed by atoms with Crippen molar-refractivity contribution in [3.05, 3.63) is 33.6 Å². The van der Waals surface area contributed by atoms with E-state index in [4.69, 9.17) is 12.2 Å². The molecule has 2 aliphatic rings. The summed E-state index contributed by atoms with van der Waals surface area (Å²) in [4.78, 5) is 30.2. The van der Waals surface area contributed by atoms with Crippen LogP contribution in [0.15, 0.2) is 31.7 Å². The Kier molecular flexibility index (Phi) is 6.77. The van der Waals surface area contributed by atoms with Gasteiger partial charge >= 0.3 is 0 Å². The maximum atomic E-state index is 13.6. The molecule has 0 saturated carbocycles. The summed E-state index contributed by atoms with van der Waals surface area (Å²) in [6.07, 6.45) is 3.30. The van der Waals surface area contributed by atoms with Crippen molar-refractivity contribution in [1.82, 2.24) is 9.80 Å². The Morgan fingerprint density at radius 3 is 1.71 bits per heavy atom. The van der Waals surface area contributed by atoms with E-state index in [1.165, 1.54) is 9.80 Å². The number of amides is 2. The Labute approximate surface area is 176 Å². The smallest absolute Gasteiger partial charge is 0.267 e. The molecule has 0 unspecified atom stereocenters. The van der Waals surface area contributed by atoms with E-state index in [9.17, 15) is 18.4 Å². The molecule has 150 valence electrons. The van der Waals surface area contributed by atoms with Crippen molar-refractivity contribution in [2.75, 3.05) is 13.1 Å². The molecule has 28 heavy (non-hydrogen) atoms. The number of halogens is 2. The number of thiocarbonyl (C=S) groups is 1. The summed E-state index contributed by atoms with van der Waals surface area (Å²) in [7, 11) is 0. The Morgan fingerprint density at radius 1 is 0.893 bits per heavy atom. The lowest BCUT2D eigenvalue weighted by Gasteiger charge is -2.37. The van der Waals surface area contributed by atoms with Gasteiger partial charge in [-0.3, -0.25) is 19.4 Å². The summed E-state index contributed by atoms with van der Waals surface area (Å²) < 4.78 is 27.6. The van der Waals surface area contributed by atoms with Crippen molar-refractivity contribution in [2.24, 2.45) is 0 Å². The number of thioether (sulfide) groups is 2. The van der Waals surface area contributed by atoms with Gasteiger partial charge in [0.1, 0.15) is 5.57 Å². The third kappa shape index (κ3) is 3.97. The lowest BCUT2D eigenvalue weighted by molar-refractivity contribution is -0.133. The van der Waals surface area contributed by atoms with Gasteiger partial charge in [-0.2, -0.15) is 0 Å². The van der Waals surface area contributed by atoms with Crippen molar-refractivity contribution in [2.45, 2.75) is 49.3 Å². The standard InChI is InChI=1S/C19H20F2N2O2S3/c1-3-5-7-22-16(24)15(17(25)23(19(22)26)8-6-4-2)18-27-13-9-11(20)12(21)10-14(13)28-18/h9-10H,3-8H2,1-2H3. The van der Waals surface area contributed by atoms with Crippen LogP contribution < -0.4 is 0 Å². The van der Waals surface area contributed by atoms with Gasteiger partial charge in [0.05, 0.1) is 4.24 Å². The van der Waals surface area contributed by atoms with Crippen molar-refractivity contribution >= 4 is 52.7 Å². The number of fused-ring (bicyclic) bond motifs is 1. The van der Waals surface area contributed by atoms with Crippen molar-refractivity contribution in [3.8, 4) is 0 Å². The summed E-state index contributed by atoms with van der Waals surface area (Å²) in [6, 6.07) is 2.20. The molecule has 0 bridgehead atoms. The van der Waals surface area contributed by atoms with Gasteiger partial charge in [-0.1, -0.05) is 50.2 Å². The second kappa shape index (κ2) is 8.92. The molecule has 1 aromatic rings. The van der Waals surface area contributed by atoms with Crippen LogP contribution in [0.2, 0.25) is 0 Å². The van der Waals surface area contributed by atoms with Crippen molar-refractivity contribution in [3.63, 3.8) is 0 Å². The molecule has 2 amide bonds. The van der Waals surface area contributed by atoms with E-state index in [1.54, 1.807) is 0 Å². The molecule has 4 nitrogen and oxygen atoms in total. The Bertz CT molecular complexity index is 808. The number of carbonyl (C=O) groups excluding carboxylic acids is 2. The second-order valence-electron chi connectivity index (χ2n) is 6.48. The van der Waals surface area contributed by atoms with E-state index in [0.29, 0.717) is 27.1 Å². The van der Waals surface area contributed by atoms with Crippen LogP contribution in [0.25, 0.3) is 0 Å². The van der Waals surface area contributed by atoms with E-state index in [2.05, 4.69) is 0 Å². The average Bonchev–Trinajstić information content (AvgIpc) is 3.04. The molecule has 0 N–H and O–H groups in total. The number of hydrogen-bond donors (Lipinski definition) is 0. The van der Waals surface area contributed by atoms with E-state index in [1.807, 2.05) is 13.8 Å². The van der Waals surface area contributed by atoms with Gasteiger partial charge in [0.25, 0.3) is 11.8 Å². The molecule has 1 saturated heterocycles. The summed E-state index contributed by atoms with van der Waals surface area (Å²) in [5.41, 5.74) is 0.0350. The number of benzene rings is 1. The van der Waals surface area contributed by atoms with Gasteiger partial charge in [0.2, 0.25) is 0 Å². The first-order valence-corrected chi connectivity index (χ1v) is 11.2. The maximum Gasteiger partial charge on any atom is 0.267 e. The van der Waals surface area contributed by atoms with E-state index in [-0.39, 0.29) is 10.7 Å². The fourth-order valence-electron chi connectivity index (χ4n) is 2.87. The molecule has 2 aliphatic heterocycles. The Hall–Kier alpha value is -1.45. The van der Waals surface area contributed by atoms with Crippen molar-refractivity contribution < 1.29 is 18.4 Å². The molecule has 1 fully saturated rings. The largest absolute Gasteiger partial charge is 0.284 e. The molecular formula is C19H20F2N2O2S3. The normalized spacial score (nSPS) is 17.1. The van der Waals surface area contributed by atoms with E-state index < -0.39 is 23.4 Å². The summed E-state index contributed by atoms with van der Waals surface area (Å²) in [5.74, 6) is -2.76. The van der Waals surface area contributed by atoms with Crippen LogP contribution in [0.3, 0.4) is 0 Å². The van der Waals surface area contributed by atoms with Crippen LogP contribution >= 0.6 is 35.7 Å². The minimum Gasteiger partial charge on any atom is -0.284 e. The van der Waals surface area contributed by atoms with Gasteiger partial charge < -0.3 is 0 Å². The molecular weight excluding hydrogens is 422 g/mol. The lowest BCUT2D eigenvalue weighted by Crippen LogP contribution is -2.56. The quantitative estimate of drug-likeness (QED) is 0.355. The van der Waals surface area contributed by atoms with E-state index in [0.717, 1.165) is 61.3 Å². The zero-order valence-electron chi connectivity index (χ0n) is 15.6. The topological polar surface area (TPSA) is 40.6 Å². The highest BCUT2D eigenvalue weighted by molar-refractivity contribution is 8.24. The molecule has 0 spiro atoms. The minimum atomic E-state index is -0.949. The summed E-state index contributed by atoms with van der Waals surface area (Å²) in [6.45, 7) is 4.90. The fraction of sp³-hybridized carbons (Fsp3) is 0.421. The Morgan fingerprint density at radius 2 is 1.32 bits per heavy atom. The highest BCUT2D eigenvalue weighted by Gasteiger charge is 2.42. The summed E-state index contributed by atoms with van der Waals surface area (Å²) in [5, 5.41) is 0.240. The monoisotopic (exact) mass is 442 g/mol. The third-order valence-electron chi connectivity index (χ3n) is 4.45. The van der Waals surface area contributed by atoms with Crippen LogP contribution in [0.4, 0.5) is 8.78 Å². The van der Waals surface area contributed by atoms with Gasteiger partial charge in [-0.05, 0) is 37.2 Å². The number of hydrogen-bond acceptors (Lipinski definition) is 5. The zero-order valence-corrected chi connectivity index (χ0v) is 18.0. The highest BCUT2D eigenvalue weighted by atomic mass is 32.2. The van der Waals surface area contributed by atoms with Crippen LogP contribution in [0, 0.1) is 11.6 Å². The first-order valence-electron chi connectivity index (χ1n) is 9.15. The highest BCUT2D eigenvalue weighted by Crippen LogP contribution is 2.53. The molecule has 0 aliphatic carbocycles. The van der Waals surface area contributed by atoms with Crippen LogP contribution in [0.1, 0.15) is 39.5 Å². The lowest BCUT2D eigenvalue weighted by atomic mass is 10.1. The SMILES string of the molecule is CCCCN1C(=O)C(=C2Sc3cc(F)c(F)cc3S2)C(=O)N(CCCC)C1=S. The third-order valence-corrected chi connectivity index (χ3v) is 7.41. The van der Waals surface area contributed by atoms with E-state index >= 15 is 0 Å².